The first-order valence-electron chi connectivity index (χ1n) is 8.00. The van der Waals surface area contributed by atoms with Crippen molar-refractivity contribution in [2.75, 3.05) is 14.1 Å². The molecule has 1 N–H and O–H groups in total. The summed E-state index contributed by atoms with van der Waals surface area (Å²) < 4.78 is 0. The molecule has 2 aromatic carbocycles. The maximum absolute atomic E-state index is 12.2. The van der Waals surface area contributed by atoms with Gasteiger partial charge in [0, 0.05) is 13.1 Å². The van der Waals surface area contributed by atoms with Gasteiger partial charge in [-0.15, -0.1) is 0 Å². The Labute approximate surface area is 139 Å². The minimum atomic E-state index is 0.0629. The fourth-order valence-electron chi connectivity index (χ4n) is 2.58. The summed E-state index contributed by atoms with van der Waals surface area (Å²) in [6.07, 6.45) is 0.428. The number of carbonyl (C=O) groups is 1. The summed E-state index contributed by atoms with van der Waals surface area (Å²) in [4.78, 5) is 14.3. The van der Waals surface area contributed by atoms with Crippen LogP contribution in [0.3, 0.4) is 0 Å². The van der Waals surface area contributed by atoms with Crippen molar-refractivity contribution in [2.24, 2.45) is 0 Å². The lowest BCUT2D eigenvalue weighted by Crippen LogP contribution is -2.25. The van der Waals surface area contributed by atoms with Crippen LogP contribution in [-0.2, 0) is 24.3 Å². The molecule has 0 radical (unpaired) electrons. The Morgan fingerprint density at radius 1 is 1.00 bits per heavy atom. The molecular weight excluding hydrogens is 284 g/mol. The van der Waals surface area contributed by atoms with Crippen LogP contribution in [0.4, 0.5) is 0 Å². The van der Waals surface area contributed by atoms with Gasteiger partial charge in [0.25, 0.3) is 0 Å². The molecule has 23 heavy (non-hydrogen) atoms. The Hall–Kier alpha value is -2.13. The highest BCUT2D eigenvalue weighted by molar-refractivity contribution is 5.78. The molecule has 0 bridgehead atoms. The predicted octanol–water partition coefficient (Wildman–Crippen LogP) is 3.22. The van der Waals surface area contributed by atoms with E-state index in [1.807, 2.05) is 18.2 Å². The Morgan fingerprint density at radius 3 is 2.35 bits per heavy atom. The van der Waals surface area contributed by atoms with Crippen LogP contribution >= 0.6 is 0 Å². The van der Waals surface area contributed by atoms with Crippen molar-refractivity contribution in [1.29, 1.82) is 0 Å². The molecule has 0 saturated carbocycles. The highest BCUT2D eigenvalue weighted by atomic mass is 16.1. The van der Waals surface area contributed by atoms with Crippen molar-refractivity contribution in [1.82, 2.24) is 10.2 Å². The van der Waals surface area contributed by atoms with Gasteiger partial charge in [0.05, 0.1) is 6.42 Å². The average molecular weight is 310 g/mol. The van der Waals surface area contributed by atoms with E-state index in [0.29, 0.717) is 13.0 Å². The van der Waals surface area contributed by atoms with E-state index >= 15 is 0 Å². The molecule has 0 spiro atoms. The molecule has 0 fully saturated rings. The molecular formula is C20H26N2O. The second kappa shape index (κ2) is 7.93. The van der Waals surface area contributed by atoms with Gasteiger partial charge in [0.1, 0.15) is 0 Å². The lowest BCUT2D eigenvalue weighted by atomic mass is 10.0. The number of amides is 1. The summed E-state index contributed by atoms with van der Waals surface area (Å²) in [5.74, 6) is 0.0629. The van der Waals surface area contributed by atoms with Crippen molar-refractivity contribution in [3.05, 3.63) is 70.3 Å². The third kappa shape index (κ3) is 5.22. The van der Waals surface area contributed by atoms with E-state index in [0.717, 1.165) is 12.1 Å². The van der Waals surface area contributed by atoms with Crippen LogP contribution in [0.2, 0.25) is 0 Å². The van der Waals surface area contributed by atoms with Crippen LogP contribution in [0.25, 0.3) is 0 Å². The first kappa shape index (κ1) is 17.2. The molecule has 0 unspecified atom stereocenters. The molecule has 0 heterocycles. The van der Waals surface area contributed by atoms with Gasteiger partial charge in [-0.1, -0.05) is 42.5 Å². The van der Waals surface area contributed by atoms with Gasteiger partial charge in [-0.05, 0) is 55.8 Å². The minimum Gasteiger partial charge on any atom is -0.352 e. The van der Waals surface area contributed by atoms with E-state index in [1.54, 1.807) is 0 Å². The molecule has 2 aromatic rings. The lowest BCUT2D eigenvalue weighted by molar-refractivity contribution is -0.120. The Balaban J connectivity index is 1.95. The van der Waals surface area contributed by atoms with E-state index in [4.69, 9.17) is 0 Å². The maximum atomic E-state index is 12.2. The number of nitrogens with one attached hydrogen (secondary N) is 1. The summed E-state index contributed by atoms with van der Waals surface area (Å²) in [7, 11) is 4.10. The molecule has 122 valence electrons. The second-order valence-electron chi connectivity index (χ2n) is 6.38. The molecule has 0 aliphatic carbocycles. The SMILES string of the molecule is Cc1ccc(CC(=O)NCc2ccccc2CN(C)C)cc1C. The van der Waals surface area contributed by atoms with Crippen molar-refractivity contribution >= 4 is 5.91 Å². The number of nitrogens with zero attached hydrogens (tertiary/aromatic N) is 1. The van der Waals surface area contributed by atoms with Crippen molar-refractivity contribution in [2.45, 2.75) is 33.4 Å². The van der Waals surface area contributed by atoms with Crippen molar-refractivity contribution in [3.63, 3.8) is 0 Å². The summed E-state index contributed by atoms with van der Waals surface area (Å²) in [5.41, 5.74) is 5.98. The molecule has 0 atom stereocenters. The van der Waals surface area contributed by atoms with Gasteiger partial charge in [-0.2, -0.15) is 0 Å². The van der Waals surface area contributed by atoms with Gasteiger partial charge in [-0.3, -0.25) is 4.79 Å². The minimum absolute atomic E-state index is 0.0629. The van der Waals surface area contributed by atoms with Gasteiger partial charge >= 0.3 is 0 Å². The number of rotatable bonds is 6. The third-order valence-electron chi connectivity index (χ3n) is 4.02. The van der Waals surface area contributed by atoms with Crippen LogP contribution in [-0.4, -0.2) is 24.9 Å². The van der Waals surface area contributed by atoms with Crippen molar-refractivity contribution < 1.29 is 4.79 Å². The van der Waals surface area contributed by atoms with Gasteiger partial charge in [0.15, 0.2) is 0 Å². The summed E-state index contributed by atoms with van der Waals surface area (Å²) in [6, 6.07) is 14.4. The first-order chi connectivity index (χ1) is 11.0. The number of carbonyl (C=O) groups excluding carboxylic acids is 1. The average Bonchev–Trinajstić information content (AvgIpc) is 2.49. The molecule has 3 nitrogen and oxygen atoms in total. The molecule has 0 aliphatic rings. The van der Waals surface area contributed by atoms with Gasteiger partial charge in [0.2, 0.25) is 5.91 Å². The van der Waals surface area contributed by atoms with Gasteiger partial charge in [-0.25, -0.2) is 0 Å². The third-order valence-corrected chi connectivity index (χ3v) is 4.02. The van der Waals surface area contributed by atoms with E-state index in [2.05, 4.69) is 62.4 Å². The highest BCUT2D eigenvalue weighted by Crippen LogP contribution is 2.12. The van der Waals surface area contributed by atoms with Crippen molar-refractivity contribution in [3.8, 4) is 0 Å². The Kier molecular flexibility index (Phi) is 5.94. The molecule has 1 amide bonds. The first-order valence-corrected chi connectivity index (χ1v) is 8.00. The maximum Gasteiger partial charge on any atom is 0.224 e. The van der Waals surface area contributed by atoms with Crippen LogP contribution in [0.5, 0.6) is 0 Å². The molecule has 2 rings (SSSR count). The van der Waals surface area contributed by atoms with Gasteiger partial charge < -0.3 is 10.2 Å². The van der Waals surface area contributed by atoms with E-state index < -0.39 is 0 Å². The normalized spacial score (nSPS) is 10.8. The number of aryl methyl sites for hydroxylation is 2. The van der Waals surface area contributed by atoms with Crippen LogP contribution in [0.1, 0.15) is 27.8 Å². The molecule has 3 heteroatoms. The summed E-state index contributed by atoms with van der Waals surface area (Å²) in [6.45, 7) is 5.62. The van der Waals surface area contributed by atoms with Crippen LogP contribution in [0.15, 0.2) is 42.5 Å². The lowest BCUT2D eigenvalue weighted by Gasteiger charge is -2.14. The van der Waals surface area contributed by atoms with Crippen LogP contribution < -0.4 is 5.32 Å². The quantitative estimate of drug-likeness (QED) is 0.888. The monoisotopic (exact) mass is 310 g/mol. The fourth-order valence-corrected chi connectivity index (χ4v) is 2.58. The number of hydrogen-bond donors (Lipinski definition) is 1. The standard InChI is InChI=1S/C20H26N2O/c1-15-9-10-17(11-16(15)2)12-20(23)21-13-18-7-5-6-8-19(18)14-22(3)4/h5-11H,12-14H2,1-4H3,(H,21,23). The highest BCUT2D eigenvalue weighted by Gasteiger charge is 2.07. The number of benzene rings is 2. The van der Waals surface area contributed by atoms with E-state index in [1.165, 1.54) is 22.3 Å². The van der Waals surface area contributed by atoms with E-state index in [-0.39, 0.29) is 5.91 Å². The Bertz CT molecular complexity index is 677. The van der Waals surface area contributed by atoms with E-state index in [9.17, 15) is 4.79 Å². The number of hydrogen-bond acceptors (Lipinski definition) is 2. The molecule has 0 saturated heterocycles. The Morgan fingerprint density at radius 2 is 1.70 bits per heavy atom. The smallest absolute Gasteiger partial charge is 0.224 e. The zero-order valence-electron chi connectivity index (χ0n) is 14.5. The summed E-state index contributed by atoms with van der Waals surface area (Å²) in [5, 5.41) is 3.04. The second-order valence-corrected chi connectivity index (χ2v) is 6.38. The molecule has 0 aliphatic heterocycles. The topological polar surface area (TPSA) is 32.3 Å². The largest absolute Gasteiger partial charge is 0.352 e. The summed E-state index contributed by atoms with van der Waals surface area (Å²) >= 11 is 0. The predicted molar refractivity (Wildman–Crippen MR) is 95.3 cm³/mol. The molecule has 0 aromatic heterocycles. The zero-order valence-corrected chi connectivity index (χ0v) is 14.5. The fraction of sp³-hybridized carbons (Fsp3) is 0.350. The van der Waals surface area contributed by atoms with Crippen LogP contribution in [0, 0.1) is 13.8 Å². The zero-order chi connectivity index (χ0) is 16.8.